The molecule has 0 aromatic heterocycles. The molecule has 1 aromatic rings. The van der Waals surface area contributed by atoms with Gasteiger partial charge in [-0.05, 0) is 0 Å². The molecule has 0 heterocycles. The van der Waals surface area contributed by atoms with Crippen molar-refractivity contribution in [3.8, 4) is 5.75 Å². The summed E-state index contributed by atoms with van der Waals surface area (Å²) < 4.78 is 0. The van der Waals surface area contributed by atoms with Crippen LogP contribution in [0.4, 0.5) is 22.7 Å². The van der Waals surface area contributed by atoms with E-state index in [1.54, 1.807) is 0 Å². The fraction of sp³-hybridized carbons (Fsp3) is 0.222. The number of carbonyl (C=O) groups is 1. The molecular weight excluding hydrogens is 584 g/mol. The van der Waals surface area contributed by atoms with Gasteiger partial charge in [0.2, 0.25) is 15.6 Å². The summed E-state index contributed by atoms with van der Waals surface area (Å²) in [7, 11) is 0. The van der Waals surface area contributed by atoms with Crippen molar-refractivity contribution < 1.29 is 59.4 Å². The third kappa shape index (κ3) is 4.67. The second-order valence-corrected chi connectivity index (χ2v) is 6.22. The van der Waals surface area contributed by atoms with Gasteiger partial charge in [0.1, 0.15) is 0 Å². The highest BCUT2D eigenvalue weighted by atomic mass is 17.0. The van der Waals surface area contributed by atoms with E-state index in [9.17, 15) is 101 Å². The van der Waals surface area contributed by atoms with Gasteiger partial charge in [-0.25, -0.2) is 25.0 Å². The van der Waals surface area contributed by atoms with Crippen LogP contribution in [0.15, 0.2) is 0 Å². The molecule has 1 aromatic carbocycles. The molecule has 0 aliphatic heterocycles. The molecule has 214 valence electrons. The number of nitro groups is 8. The van der Waals surface area contributed by atoms with Gasteiger partial charge in [-0.15, -0.1) is 10.1 Å². The first-order valence-corrected chi connectivity index (χ1v) is 8.43. The summed E-state index contributed by atoms with van der Waals surface area (Å²) in [5.74, 6) is -6.24. The van der Waals surface area contributed by atoms with E-state index in [2.05, 4.69) is 4.84 Å². The third-order valence-electron chi connectivity index (χ3n) is 4.36. The lowest BCUT2D eigenvalue weighted by molar-refractivity contribution is -0.964. The molecule has 40 heavy (non-hydrogen) atoms. The summed E-state index contributed by atoms with van der Waals surface area (Å²) in [5.41, 5.74) is -20.0. The van der Waals surface area contributed by atoms with Crippen LogP contribution in [0.25, 0.3) is 0 Å². The van der Waals surface area contributed by atoms with Gasteiger partial charge >= 0.3 is 40.4 Å². The van der Waals surface area contributed by atoms with Crippen LogP contribution in [0.3, 0.4) is 0 Å². The zero-order valence-electron chi connectivity index (χ0n) is 17.7. The van der Waals surface area contributed by atoms with Crippen LogP contribution in [0.2, 0.25) is 0 Å². The van der Waals surface area contributed by atoms with Crippen molar-refractivity contribution in [1.82, 2.24) is 5.12 Å². The van der Waals surface area contributed by atoms with Gasteiger partial charge in [0, 0.05) is 4.92 Å². The standard InChI is InChI=1S/C9H2N10O21/c20-8(21)9(16(32)33,15(17(34)35)18(36)37)7(14(30)31)1-2(10(22)23)4(12(26)27)6(40-19(38)39)5(13(28)29)3(1)11(24)25/h7H,(H,20,21). The molecule has 0 bridgehead atoms. The Labute approximate surface area is 208 Å². The topological polar surface area (TPSA) is 438 Å². The van der Waals surface area contributed by atoms with Crippen molar-refractivity contribution in [2.75, 3.05) is 0 Å². The number of hydrogen-bond acceptors (Lipinski definition) is 20. The van der Waals surface area contributed by atoms with Crippen LogP contribution in [0, 0.1) is 91.0 Å². The zero-order chi connectivity index (χ0) is 31.6. The average molecular weight is 586 g/mol. The van der Waals surface area contributed by atoms with E-state index in [1.807, 2.05) is 0 Å². The van der Waals surface area contributed by atoms with Crippen molar-refractivity contribution in [2.45, 2.75) is 11.7 Å². The van der Waals surface area contributed by atoms with Crippen LogP contribution >= 0.6 is 0 Å². The van der Waals surface area contributed by atoms with Crippen LogP contribution in [-0.4, -0.2) is 66.5 Å². The molecule has 1 rings (SSSR count). The maximum absolute atomic E-state index is 11.9. The molecule has 2 unspecified atom stereocenters. The highest BCUT2D eigenvalue weighted by molar-refractivity contribution is 5.85. The molecular formula is C9H2N10O21. The van der Waals surface area contributed by atoms with Gasteiger partial charge in [-0.1, -0.05) is 0 Å². The number of aliphatic carboxylic acids is 1. The summed E-state index contributed by atoms with van der Waals surface area (Å²) >= 11 is 0. The number of nitro benzene ring substituents is 4. The minimum atomic E-state index is -5.65. The maximum atomic E-state index is 11.9. The lowest BCUT2D eigenvalue weighted by Gasteiger charge is -2.22. The number of nitrogens with zero attached hydrogens (tertiary/aromatic N) is 10. The lowest BCUT2D eigenvalue weighted by atomic mass is 9.89. The number of carboxylic acids is 1. The van der Waals surface area contributed by atoms with Crippen molar-refractivity contribution in [3.63, 3.8) is 0 Å². The Morgan fingerprint density at radius 3 is 1.23 bits per heavy atom. The van der Waals surface area contributed by atoms with Gasteiger partial charge in [0.05, 0.1) is 24.6 Å². The van der Waals surface area contributed by atoms with Gasteiger partial charge < -0.3 is 5.11 Å². The third-order valence-corrected chi connectivity index (χ3v) is 4.36. The van der Waals surface area contributed by atoms with Crippen molar-refractivity contribution in [3.05, 3.63) is 96.6 Å². The number of benzene rings is 1. The van der Waals surface area contributed by atoms with Crippen LogP contribution in [0.1, 0.15) is 11.6 Å². The summed E-state index contributed by atoms with van der Waals surface area (Å²) in [6.45, 7) is 0. The lowest BCUT2D eigenvalue weighted by Crippen LogP contribution is -2.68. The van der Waals surface area contributed by atoms with E-state index < -0.39 is 102 Å². The molecule has 1 N–H and O–H groups in total. The van der Waals surface area contributed by atoms with Crippen LogP contribution < -0.4 is 4.84 Å². The monoisotopic (exact) mass is 586 g/mol. The van der Waals surface area contributed by atoms with Crippen molar-refractivity contribution in [2.24, 2.45) is 0 Å². The van der Waals surface area contributed by atoms with Gasteiger partial charge in [0.15, 0.2) is 0 Å². The number of rotatable bonds is 14. The highest BCUT2D eigenvalue weighted by Gasteiger charge is 2.84. The maximum Gasteiger partial charge on any atom is 0.573 e. The fourth-order valence-corrected chi connectivity index (χ4v) is 3.15. The minimum absolute atomic E-state index is 2.17. The first-order valence-electron chi connectivity index (χ1n) is 8.43. The predicted octanol–water partition coefficient (Wildman–Crippen LogP) is -1.05. The molecule has 31 nitrogen and oxygen atoms in total. The highest BCUT2D eigenvalue weighted by Crippen LogP contribution is 2.56. The Balaban J connectivity index is 5.04. The molecule has 0 aliphatic rings. The van der Waals surface area contributed by atoms with Crippen molar-refractivity contribution in [1.29, 1.82) is 0 Å². The summed E-state index contributed by atoms with van der Waals surface area (Å²) in [6, 6.07) is -4.74. The molecule has 0 saturated heterocycles. The molecule has 0 aliphatic carbocycles. The molecule has 0 spiro atoms. The zero-order valence-corrected chi connectivity index (χ0v) is 17.7. The Bertz CT molecular complexity index is 1350. The molecule has 2 atom stereocenters. The van der Waals surface area contributed by atoms with E-state index >= 15 is 0 Å². The summed E-state index contributed by atoms with van der Waals surface area (Å²) in [6.07, 6.45) is 0. The largest absolute Gasteiger partial charge is 0.573 e. The molecule has 0 radical (unpaired) electrons. The Kier molecular flexibility index (Phi) is 8.10. The summed E-state index contributed by atoms with van der Waals surface area (Å²) in [4.78, 5) is 105. The second-order valence-electron chi connectivity index (χ2n) is 6.22. The van der Waals surface area contributed by atoms with E-state index in [0.717, 1.165) is 0 Å². The molecule has 0 fully saturated rings. The SMILES string of the molecule is O=C(O)C(C(c1c([N+](=O)[O-])c([N+](=O)[O-])c(O[N+](=O)[O-])c([N+](=O)[O-])c1[N+](=O)[O-])[N+](=O)[O-])(N([N+](=O)[O-])[N+](=O)[O-])[N+](=O)[O-]. The van der Waals surface area contributed by atoms with E-state index in [4.69, 9.17) is 0 Å². The first kappa shape index (κ1) is 30.9. The Hall–Kier alpha value is -7.11. The fourth-order valence-electron chi connectivity index (χ4n) is 3.15. The smallest absolute Gasteiger partial charge is 0.474 e. The normalized spacial score (nSPS) is 12.6. The van der Waals surface area contributed by atoms with Crippen LogP contribution in [0.5, 0.6) is 5.75 Å². The van der Waals surface area contributed by atoms with E-state index in [1.165, 1.54) is 0 Å². The molecule has 0 amide bonds. The van der Waals surface area contributed by atoms with Gasteiger partial charge in [-0.2, -0.15) is 0 Å². The van der Waals surface area contributed by atoms with Crippen LogP contribution in [-0.2, 0) is 4.79 Å². The number of carboxylic acid groups (broad SMARTS) is 1. The quantitative estimate of drug-likeness (QED) is 0.154. The average Bonchev–Trinajstić information content (AvgIpc) is 2.75. The van der Waals surface area contributed by atoms with Gasteiger partial charge in [-0.3, -0.25) is 65.5 Å². The van der Waals surface area contributed by atoms with E-state index in [0.29, 0.717) is 0 Å². The first-order chi connectivity index (χ1) is 18.2. The Morgan fingerprint density at radius 1 is 0.675 bits per heavy atom. The van der Waals surface area contributed by atoms with Gasteiger partial charge in [0.25, 0.3) is 16.0 Å². The van der Waals surface area contributed by atoms with E-state index in [-0.39, 0.29) is 0 Å². The number of hydrogen-bond donors (Lipinski definition) is 1. The predicted molar refractivity (Wildman–Crippen MR) is 104 cm³/mol. The number of hydrazine groups is 2. The molecule has 0 saturated carbocycles. The Morgan fingerprint density at radius 2 is 1.02 bits per heavy atom. The minimum Gasteiger partial charge on any atom is -0.474 e. The second kappa shape index (κ2) is 10.5. The van der Waals surface area contributed by atoms with Crippen molar-refractivity contribution >= 4 is 28.7 Å². The summed E-state index contributed by atoms with van der Waals surface area (Å²) in [5, 5.41) is 103. The molecule has 31 heteroatoms.